The summed E-state index contributed by atoms with van der Waals surface area (Å²) in [5.41, 5.74) is 8.03. The van der Waals surface area contributed by atoms with Gasteiger partial charge >= 0.3 is 0 Å². The standard InChI is InChI=1S/C13H24N2.C9H19NO.2C2H6/c1-5-8-11(4)10-12(14)13(7-3)15-9-6-2;1-3-5-6-7-8-9(11)10-4-2;2*1-2/h7-8,10,13,15H,3,5-6,9,14H2,1-2,4H3;3-8H2,1-2H3,(H,10,11);2*1-2H3/b11-8-,12-10-;;;. The van der Waals surface area contributed by atoms with Crippen molar-refractivity contribution in [2.75, 3.05) is 13.1 Å². The summed E-state index contributed by atoms with van der Waals surface area (Å²) in [6, 6.07) is 0.0881. The molecule has 4 N–H and O–H groups in total. The molecule has 0 aliphatic heterocycles. The van der Waals surface area contributed by atoms with E-state index in [1.807, 2.05) is 46.8 Å². The highest BCUT2D eigenvalue weighted by Crippen LogP contribution is 2.04. The smallest absolute Gasteiger partial charge is 0.219 e. The van der Waals surface area contributed by atoms with E-state index < -0.39 is 0 Å². The number of unbranched alkanes of at least 4 members (excludes halogenated alkanes) is 3. The topological polar surface area (TPSA) is 67.1 Å². The first-order chi connectivity index (χ1) is 14.5. The van der Waals surface area contributed by atoms with Gasteiger partial charge in [-0.1, -0.05) is 85.5 Å². The fourth-order valence-corrected chi connectivity index (χ4v) is 2.37. The van der Waals surface area contributed by atoms with Crippen molar-refractivity contribution in [1.82, 2.24) is 10.6 Å². The third-order valence-corrected chi connectivity index (χ3v) is 3.76. The van der Waals surface area contributed by atoms with Crippen molar-refractivity contribution < 1.29 is 4.79 Å². The van der Waals surface area contributed by atoms with Crippen LogP contribution in [0.3, 0.4) is 0 Å². The van der Waals surface area contributed by atoms with Gasteiger partial charge in [0, 0.05) is 18.7 Å². The maximum absolute atomic E-state index is 10.9. The summed E-state index contributed by atoms with van der Waals surface area (Å²) >= 11 is 0. The van der Waals surface area contributed by atoms with Crippen molar-refractivity contribution >= 4 is 5.91 Å². The van der Waals surface area contributed by atoms with Crippen LogP contribution in [0.2, 0.25) is 0 Å². The highest BCUT2D eigenvalue weighted by Gasteiger charge is 2.04. The Morgan fingerprint density at radius 3 is 2.03 bits per heavy atom. The second-order valence-corrected chi connectivity index (χ2v) is 6.43. The Morgan fingerprint density at radius 2 is 1.60 bits per heavy atom. The summed E-state index contributed by atoms with van der Waals surface area (Å²) in [6.45, 7) is 23.9. The first kappa shape index (κ1) is 35.9. The molecule has 0 spiro atoms. The Morgan fingerprint density at radius 1 is 1.00 bits per heavy atom. The lowest BCUT2D eigenvalue weighted by atomic mass is 10.1. The summed E-state index contributed by atoms with van der Waals surface area (Å²) in [7, 11) is 0. The van der Waals surface area contributed by atoms with E-state index >= 15 is 0 Å². The molecule has 0 aromatic rings. The maximum atomic E-state index is 10.9. The molecule has 0 aromatic heterocycles. The number of allylic oxidation sites excluding steroid dienone is 3. The molecule has 0 bridgehead atoms. The van der Waals surface area contributed by atoms with Gasteiger partial charge in [0.05, 0.1) is 6.04 Å². The largest absolute Gasteiger partial charge is 0.400 e. The van der Waals surface area contributed by atoms with E-state index in [1.165, 1.54) is 24.8 Å². The van der Waals surface area contributed by atoms with Gasteiger partial charge in [-0.05, 0) is 45.7 Å². The summed E-state index contributed by atoms with van der Waals surface area (Å²) < 4.78 is 0. The molecule has 1 unspecified atom stereocenters. The summed E-state index contributed by atoms with van der Waals surface area (Å²) in [4.78, 5) is 10.9. The van der Waals surface area contributed by atoms with E-state index in [0.29, 0.717) is 6.42 Å². The summed E-state index contributed by atoms with van der Waals surface area (Å²) in [5.74, 6) is 0.198. The van der Waals surface area contributed by atoms with Gasteiger partial charge in [0.15, 0.2) is 0 Å². The molecule has 4 heteroatoms. The predicted molar refractivity (Wildman–Crippen MR) is 139 cm³/mol. The molecule has 0 aliphatic carbocycles. The van der Waals surface area contributed by atoms with Crippen LogP contribution < -0.4 is 16.4 Å². The Bertz CT molecular complexity index is 415. The van der Waals surface area contributed by atoms with E-state index in [0.717, 1.165) is 38.0 Å². The average molecular weight is 426 g/mol. The highest BCUT2D eigenvalue weighted by molar-refractivity contribution is 5.75. The van der Waals surface area contributed by atoms with Gasteiger partial charge < -0.3 is 16.4 Å². The molecule has 1 atom stereocenters. The van der Waals surface area contributed by atoms with E-state index in [4.69, 9.17) is 5.73 Å². The van der Waals surface area contributed by atoms with Gasteiger partial charge in [-0.25, -0.2) is 0 Å². The lowest BCUT2D eigenvalue weighted by Crippen LogP contribution is -2.32. The van der Waals surface area contributed by atoms with Gasteiger partial charge in [0.1, 0.15) is 0 Å². The molecule has 0 fully saturated rings. The summed E-state index contributed by atoms with van der Waals surface area (Å²) in [6.07, 6.45) is 13.6. The van der Waals surface area contributed by atoms with Crippen LogP contribution in [0.1, 0.15) is 107 Å². The van der Waals surface area contributed by atoms with E-state index in [2.05, 4.69) is 51.0 Å². The first-order valence-electron chi connectivity index (χ1n) is 12.2. The third kappa shape index (κ3) is 28.7. The number of hydrogen-bond acceptors (Lipinski definition) is 3. The van der Waals surface area contributed by atoms with Crippen LogP contribution in [0, 0.1) is 0 Å². The van der Waals surface area contributed by atoms with Crippen LogP contribution in [0.4, 0.5) is 0 Å². The zero-order valence-corrected chi connectivity index (χ0v) is 21.9. The quantitative estimate of drug-likeness (QED) is 0.171. The molecular formula is C26H55N3O. The van der Waals surface area contributed by atoms with Crippen molar-refractivity contribution in [1.29, 1.82) is 0 Å². The van der Waals surface area contributed by atoms with E-state index in [9.17, 15) is 4.79 Å². The fourth-order valence-electron chi connectivity index (χ4n) is 2.37. The molecule has 0 saturated carbocycles. The molecule has 0 saturated heterocycles. The van der Waals surface area contributed by atoms with Crippen molar-refractivity contribution in [2.24, 2.45) is 5.73 Å². The Balaban J connectivity index is -0.000000199. The van der Waals surface area contributed by atoms with Crippen LogP contribution in [-0.4, -0.2) is 25.0 Å². The Labute approximate surface area is 189 Å². The number of nitrogens with two attached hydrogens (primary N) is 1. The van der Waals surface area contributed by atoms with Crippen molar-refractivity contribution in [3.8, 4) is 0 Å². The zero-order chi connectivity index (χ0) is 24.2. The average Bonchev–Trinajstić information content (AvgIpc) is 2.75. The minimum absolute atomic E-state index is 0.0881. The summed E-state index contributed by atoms with van der Waals surface area (Å²) in [5, 5.41) is 6.11. The van der Waals surface area contributed by atoms with Gasteiger partial charge in [-0.2, -0.15) is 0 Å². The zero-order valence-electron chi connectivity index (χ0n) is 21.9. The second kappa shape index (κ2) is 32.1. The predicted octanol–water partition coefficient (Wildman–Crippen LogP) is 6.88. The lowest BCUT2D eigenvalue weighted by Gasteiger charge is -2.14. The SMILES string of the molecule is C=CC(NCCC)/C(N)=C/C(C)=C\CC.CC.CC.CCCCCCC(=O)NCC. The number of rotatable bonds is 13. The lowest BCUT2D eigenvalue weighted by molar-refractivity contribution is -0.121. The number of amides is 1. The van der Waals surface area contributed by atoms with Crippen LogP contribution in [0.15, 0.2) is 36.1 Å². The van der Waals surface area contributed by atoms with Gasteiger partial charge in [-0.15, -0.1) is 6.58 Å². The Kier molecular flexibility index (Phi) is 38.4. The highest BCUT2D eigenvalue weighted by atomic mass is 16.1. The molecule has 0 aliphatic rings. The molecule has 0 rings (SSSR count). The number of hydrogen-bond donors (Lipinski definition) is 3. The van der Waals surface area contributed by atoms with Gasteiger partial charge in [-0.3, -0.25) is 4.79 Å². The third-order valence-electron chi connectivity index (χ3n) is 3.76. The van der Waals surface area contributed by atoms with Crippen LogP contribution in [0.5, 0.6) is 0 Å². The molecule has 1 amide bonds. The second-order valence-electron chi connectivity index (χ2n) is 6.43. The van der Waals surface area contributed by atoms with Crippen molar-refractivity contribution in [2.45, 2.75) is 113 Å². The molecule has 0 heterocycles. The number of carbonyl (C=O) groups is 1. The van der Waals surface area contributed by atoms with Gasteiger partial charge in [0.2, 0.25) is 5.91 Å². The van der Waals surface area contributed by atoms with E-state index in [-0.39, 0.29) is 11.9 Å². The van der Waals surface area contributed by atoms with Crippen LogP contribution >= 0.6 is 0 Å². The maximum Gasteiger partial charge on any atom is 0.219 e. The van der Waals surface area contributed by atoms with Gasteiger partial charge in [0.25, 0.3) is 0 Å². The number of nitrogens with one attached hydrogen (secondary N) is 2. The van der Waals surface area contributed by atoms with Crippen LogP contribution in [-0.2, 0) is 4.79 Å². The molecular weight excluding hydrogens is 370 g/mol. The molecule has 0 radical (unpaired) electrons. The molecule has 0 aromatic carbocycles. The van der Waals surface area contributed by atoms with E-state index in [1.54, 1.807) is 0 Å². The van der Waals surface area contributed by atoms with Crippen molar-refractivity contribution in [3.63, 3.8) is 0 Å². The fraction of sp³-hybridized carbons (Fsp3) is 0.731. The Hall–Kier alpha value is -1.55. The normalized spacial score (nSPS) is 11.5. The minimum atomic E-state index is 0.0881. The molecule has 180 valence electrons. The van der Waals surface area contributed by atoms with Crippen LogP contribution in [0.25, 0.3) is 0 Å². The number of carbonyl (C=O) groups excluding carboxylic acids is 1. The first-order valence-corrected chi connectivity index (χ1v) is 12.2. The van der Waals surface area contributed by atoms with Crippen molar-refractivity contribution in [3.05, 3.63) is 36.1 Å². The monoisotopic (exact) mass is 425 g/mol. The molecule has 30 heavy (non-hydrogen) atoms. The molecule has 4 nitrogen and oxygen atoms in total. The minimum Gasteiger partial charge on any atom is -0.400 e.